The van der Waals surface area contributed by atoms with E-state index in [9.17, 15) is 4.79 Å². The quantitative estimate of drug-likeness (QED) is 0.909. The summed E-state index contributed by atoms with van der Waals surface area (Å²) in [5.74, 6) is 0.424. The maximum absolute atomic E-state index is 12.6. The Hall–Kier alpha value is -2.06. The fourth-order valence-corrected chi connectivity index (χ4v) is 3.56. The number of nitrogens with two attached hydrogens (primary N) is 1. The number of hydrogen-bond donors (Lipinski definition) is 1. The van der Waals surface area contributed by atoms with E-state index in [-0.39, 0.29) is 12.0 Å². The van der Waals surface area contributed by atoms with Crippen molar-refractivity contribution in [2.45, 2.75) is 26.4 Å². The van der Waals surface area contributed by atoms with Crippen LogP contribution in [0.5, 0.6) is 0 Å². The van der Waals surface area contributed by atoms with Crippen LogP contribution in [0.4, 0.5) is 5.82 Å². The van der Waals surface area contributed by atoms with Gasteiger partial charge in [-0.1, -0.05) is 0 Å². The van der Waals surface area contributed by atoms with Gasteiger partial charge >= 0.3 is 0 Å². The van der Waals surface area contributed by atoms with Crippen LogP contribution in [0.25, 0.3) is 0 Å². The molecule has 1 atom stereocenters. The first kappa shape index (κ1) is 15.8. The standard InChI is InChI=1S/C15H19N5O2S/c1-9-12(23-10(2)19-9)7-13(21)20-5-6-22-11(8-20)14-15(16)18-4-3-17-14/h3-4,11H,5-8H2,1-2H3,(H2,16,18)/t11-/m1/s1. The molecule has 122 valence electrons. The number of aryl methyl sites for hydroxylation is 2. The first-order valence-corrected chi connectivity index (χ1v) is 8.25. The average molecular weight is 333 g/mol. The molecule has 2 aromatic rings. The number of anilines is 1. The average Bonchev–Trinajstić information content (AvgIpc) is 2.85. The minimum absolute atomic E-state index is 0.0764. The molecule has 1 aliphatic heterocycles. The summed E-state index contributed by atoms with van der Waals surface area (Å²) < 4.78 is 5.72. The Morgan fingerprint density at radius 2 is 2.22 bits per heavy atom. The predicted octanol–water partition coefficient (Wildman–Crippen LogP) is 1.27. The number of aromatic nitrogens is 3. The zero-order chi connectivity index (χ0) is 16.4. The number of nitrogens with zero attached hydrogens (tertiary/aromatic N) is 4. The normalized spacial score (nSPS) is 18.2. The second-order valence-electron chi connectivity index (χ2n) is 5.44. The molecule has 0 unspecified atom stereocenters. The van der Waals surface area contributed by atoms with E-state index >= 15 is 0 Å². The van der Waals surface area contributed by atoms with Crippen molar-refractivity contribution in [1.82, 2.24) is 19.9 Å². The van der Waals surface area contributed by atoms with Gasteiger partial charge in [-0.25, -0.2) is 9.97 Å². The SMILES string of the molecule is Cc1nc(C)c(CC(=O)N2CCO[C@@H](c3nccnc3N)C2)s1. The van der Waals surface area contributed by atoms with E-state index in [4.69, 9.17) is 10.5 Å². The molecule has 7 nitrogen and oxygen atoms in total. The number of carbonyl (C=O) groups is 1. The van der Waals surface area contributed by atoms with Gasteiger partial charge in [-0.2, -0.15) is 0 Å². The van der Waals surface area contributed by atoms with Crippen LogP contribution >= 0.6 is 11.3 Å². The molecule has 0 radical (unpaired) electrons. The maximum atomic E-state index is 12.6. The molecule has 8 heteroatoms. The van der Waals surface area contributed by atoms with E-state index in [0.717, 1.165) is 15.6 Å². The maximum Gasteiger partial charge on any atom is 0.228 e. The lowest BCUT2D eigenvalue weighted by Gasteiger charge is -2.32. The minimum atomic E-state index is -0.328. The number of thiazole rings is 1. The molecule has 0 aromatic carbocycles. The van der Waals surface area contributed by atoms with Crippen LogP contribution in [-0.2, 0) is 16.0 Å². The molecule has 3 rings (SSSR count). The molecule has 3 heterocycles. The van der Waals surface area contributed by atoms with E-state index in [0.29, 0.717) is 37.6 Å². The Morgan fingerprint density at radius 1 is 1.43 bits per heavy atom. The van der Waals surface area contributed by atoms with Crippen LogP contribution in [0, 0.1) is 13.8 Å². The summed E-state index contributed by atoms with van der Waals surface area (Å²) >= 11 is 1.57. The third kappa shape index (κ3) is 3.48. The van der Waals surface area contributed by atoms with Crippen LogP contribution < -0.4 is 5.73 Å². The van der Waals surface area contributed by atoms with Crippen molar-refractivity contribution in [2.24, 2.45) is 0 Å². The van der Waals surface area contributed by atoms with Crippen LogP contribution in [0.1, 0.15) is 27.4 Å². The molecule has 0 aliphatic carbocycles. The smallest absolute Gasteiger partial charge is 0.228 e. The number of nitrogen functional groups attached to an aromatic ring is 1. The van der Waals surface area contributed by atoms with Gasteiger partial charge in [0.25, 0.3) is 0 Å². The lowest BCUT2D eigenvalue weighted by molar-refractivity contribution is -0.138. The molecule has 1 amide bonds. The van der Waals surface area contributed by atoms with Gasteiger partial charge in [0.05, 0.1) is 30.3 Å². The van der Waals surface area contributed by atoms with Gasteiger partial charge in [0.15, 0.2) is 0 Å². The number of amides is 1. The molecule has 1 fully saturated rings. The zero-order valence-electron chi connectivity index (χ0n) is 13.2. The number of rotatable bonds is 3. The molecule has 2 N–H and O–H groups in total. The van der Waals surface area contributed by atoms with Gasteiger partial charge < -0.3 is 15.4 Å². The summed E-state index contributed by atoms with van der Waals surface area (Å²) in [5.41, 5.74) is 7.38. The molecule has 1 saturated heterocycles. The third-order valence-electron chi connectivity index (χ3n) is 3.79. The van der Waals surface area contributed by atoms with Crippen LogP contribution in [0.15, 0.2) is 12.4 Å². The second-order valence-corrected chi connectivity index (χ2v) is 6.73. The summed E-state index contributed by atoms with van der Waals surface area (Å²) in [6, 6.07) is 0. The predicted molar refractivity (Wildman–Crippen MR) is 87.0 cm³/mol. The van der Waals surface area contributed by atoms with Gasteiger partial charge in [0, 0.05) is 23.8 Å². The lowest BCUT2D eigenvalue weighted by atomic mass is 10.1. The topological polar surface area (TPSA) is 94.2 Å². The highest BCUT2D eigenvalue weighted by Gasteiger charge is 2.28. The summed E-state index contributed by atoms with van der Waals surface area (Å²) in [4.78, 5) is 28.0. The molecule has 0 spiro atoms. The van der Waals surface area contributed by atoms with Crippen LogP contribution in [0.2, 0.25) is 0 Å². The number of carbonyl (C=O) groups excluding carboxylic acids is 1. The minimum Gasteiger partial charge on any atom is -0.382 e. The highest BCUT2D eigenvalue weighted by Crippen LogP contribution is 2.25. The van der Waals surface area contributed by atoms with Crippen molar-refractivity contribution in [2.75, 3.05) is 25.4 Å². The van der Waals surface area contributed by atoms with Crippen molar-refractivity contribution >= 4 is 23.1 Å². The number of morpholine rings is 1. The van der Waals surface area contributed by atoms with Crippen molar-refractivity contribution in [3.8, 4) is 0 Å². The fraction of sp³-hybridized carbons (Fsp3) is 0.467. The van der Waals surface area contributed by atoms with E-state index in [1.807, 2.05) is 13.8 Å². The Balaban J connectivity index is 1.70. The first-order valence-electron chi connectivity index (χ1n) is 7.43. The van der Waals surface area contributed by atoms with Crippen LogP contribution in [-0.4, -0.2) is 45.5 Å². The van der Waals surface area contributed by atoms with E-state index in [2.05, 4.69) is 15.0 Å². The molecule has 2 aromatic heterocycles. The Kier molecular flexibility index (Phi) is 4.53. The molecule has 1 aliphatic rings. The first-order chi connectivity index (χ1) is 11.0. The van der Waals surface area contributed by atoms with E-state index < -0.39 is 0 Å². The molecule has 23 heavy (non-hydrogen) atoms. The van der Waals surface area contributed by atoms with E-state index in [1.54, 1.807) is 28.6 Å². The third-order valence-corrected chi connectivity index (χ3v) is 4.86. The summed E-state index contributed by atoms with van der Waals surface area (Å²) in [7, 11) is 0. The second kappa shape index (κ2) is 6.59. The monoisotopic (exact) mass is 333 g/mol. The number of ether oxygens (including phenoxy) is 1. The Labute approximate surface area is 138 Å². The summed E-state index contributed by atoms with van der Waals surface area (Å²) in [5, 5.41) is 0.984. The fourth-order valence-electron chi connectivity index (χ4n) is 2.64. The summed E-state index contributed by atoms with van der Waals surface area (Å²) in [6.07, 6.45) is 3.17. The molecular formula is C15H19N5O2S. The lowest BCUT2D eigenvalue weighted by Crippen LogP contribution is -2.43. The van der Waals surface area contributed by atoms with Crippen molar-refractivity contribution < 1.29 is 9.53 Å². The molecule has 0 saturated carbocycles. The largest absolute Gasteiger partial charge is 0.382 e. The highest BCUT2D eigenvalue weighted by molar-refractivity contribution is 7.11. The summed E-state index contributed by atoms with van der Waals surface area (Å²) in [6.45, 7) is 5.37. The van der Waals surface area contributed by atoms with Gasteiger partial charge in [-0.15, -0.1) is 11.3 Å². The number of hydrogen-bond acceptors (Lipinski definition) is 7. The van der Waals surface area contributed by atoms with Crippen LogP contribution in [0.3, 0.4) is 0 Å². The molecular weight excluding hydrogens is 314 g/mol. The molecule has 0 bridgehead atoms. The van der Waals surface area contributed by atoms with Gasteiger partial charge in [-0.05, 0) is 13.8 Å². The van der Waals surface area contributed by atoms with Crippen molar-refractivity contribution in [1.29, 1.82) is 0 Å². The Morgan fingerprint density at radius 3 is 2.91 bits per heavy atom. The highest BCUT2D eigenvalue weighted by atomic mass is 32.1. The van der Waals surface area contributed by atoms with Crippen molar-refractivity contribution in [3.63, 3.8) is 0 Å². The van der Waals surface area contributed by atoms with Gasteiger partial charge in [0.1, 0.15) is 17.6 Å². The zero-order valence-corrected chi connectivity index (χ0v) is 14.0. The Bertz CT molecular complexity index is 718. The van der Waals surface area contributed by atoms with Gasteiger partial charge in [0.2, 0.25) is 5.91 Å². The van der Waals surface area contributed by atoms with Gasteiger partial charge in [-0.3, -0.25) is 9.78 Å². The van der Waals surface area contributed by atoms with Crippen molar-refractivity contribution in [3.05, 3.63) is 33.7 Å². The van der Waals surface area contributed by atoms with E-state index in [1.165, 1.54) is 0 Å².